The Kier molecular flexibility index (Phi) is 4.51. The molecule has 3 rings (SSSR count). The molecule has 0 saturated heterocycles. The van der Waals surface area contributed by atoms with Gasteiger partial charge in [-0.3, -0.25) is 0 Å². The maximum absolute atomic E-state index is 3.50. The quantitative estimate of drug-likeness (QED) is 0.416. The van der Waals surface area contributed by atoms with Crippen LogP contribution in [0.4, 0.5) is 0 Å². The van der Waals surface area contributed by atoms with Crippen LogP contribution in [0, 0.1) is 13.8 Å². The van der Waals surface area contributed by atoms with Crippen LogP contribution in [0.3, 0.4) is 0 Å². The highest BCUT2D eigenvalue weighted by molar-refractivity contribution is 9.10. The van der Waals surface area contributed by atoms with E-state index in [1.54, 1.807) is 0 Å². The topological polar surface area (TPSA) is 0 Å². The van der Waals surface area contributed by atoms with E-state index in [0.717, 1.165) is 8.95 Å². The molecule has 0 N–H and O–H groups in total. The lowest BCUT2D eigenvalue weighted by atomic mass is 9.92. The lowest BCUT2D eigenvalue weighted by molar-refractivity contribution is 1.37. The predicted molar refractivity (Wildman–Crippen MR) is 102 cm³/mol. The molecule has 2 heteroatoms. The molecule has 0 aliphatic rings. The standard InChI is InChI=1S/C20H16Br2/c1-13-11-14(2)20(16-5-9-18(22)10-6-16)12-19(13)15-3-7-17(21)8-4-15/h3-12H,1-2H3. The van der Waals surface area contributed by atoms with Crippen LogP contribution in [-0.2, 0) is 0 Å². The number of rotatable bonds is 2. The SMILES string of the molecule is Cc1cc(C)c(-c2ccc(Br)cc2)cc1-c1ccc(Br)cc1. The molecule has 0 fully saturated rings. The second-order valence-corrected chi connectivity index (χ2v) is 7.33. The molecule has 110 valence electrons. The summed E-state index contributed by atoms with van der Waals surface area (Å²) in [5, 5.41) is 0. The molecular weight excluding hydrogens is 400 g/mol. The number of aryl methyl sites for hydroxylation is 2. The maximum Gasteiger partial charge on any atom is 0.0175 e. The molecule has 0 aliphatic heterocycles. The summed E-state index contributed by atoms with van der Waals surface area (Å²) in [5.41, 5.74) is 7.69. The average molecular weight is 416 g/mol. The first-order chi connectivity index (χ1) is 10.5. The van der Waals surface area contributed by atoms with Gasteiger partial charge in [-0.1, -0.05) is 62.2 Å². The normalized spacial score (nSPS) is 10.7. The highest BCUT2D eigenvalue weighted by atomic mass is 79.9. The van der Waals surface area contributed by atoms with Crippen LogP contribution in [0.25, 0.3) is 22.3 Å². The highest BCUT2D eigenvalue weighted by Gasteiger charge is 2.08. The lowest BCUT2D eigenvalue weighted by Gasteiger charge is -2.13. The van der Waals surface area contributed by atoms with Gasteiger partial charge < -0.3 is 0 Å². The molecule has 0 radical (unpaired) electrons. The Hall–Kier alpha value is -1.38. The summed E-state index contributed by atoms with van der Waals surface area (Å²) in [5.74, 6) is 0. The first-order valence-corrected chi connectivity index (χ1v) is 8.76. The minimum Gasteiger partial charge on any atom is -0.0551 e. The molecule has 0 aliphatic carbocycles. The zero-order valence-corrected chi connectivity index (χ0v) is 15.7. The Morgan fingerprint density at radius 1 is 0.545 bits per heavy atom. The molecule has 0 aromatic heterocycles. The third-order valence-electron chi connectivity index (χ3n) is 3.88. The Labute approximate surface area is 148 Å². The van der Waals surface area contributed by atoms with Crippen molar-refractivity contribution in [3.63, 3.8) is 0 Å². The largest absolute Gasteiger partial charge is 0.0551 e. The Bertz CT molecular complexity index is 734. The fourth-order valence-corrected chi connectivity index (χ4v) is 3.26. The average Bonchev–Trinajstić information content (AvgIpc) is 2.50. The van der Waals surface area contributed by atoms with Crippen molar-refractivity contribution in [2.75, 3.05) is 0 Å². The molecule has 3 aromatic carbocycles. The fourth-order valence-electron chi connectivity index (χ4n) is 2.73. The van der Waals surface area contributed by atoms with Crippen LogP contribution in [0.1, 0.15) is 11.1 Å². The van der Waals surface area contributed by atoms with Crippen molar-refractivity contribution in [2.45, 2.75) is 13.8 Å². The lowest BCUT2D eigenvalue weighted by Crippen LogP contribution is -1.90. The second kappa shape index (κ2) is 6.39. The molecule has 0 spiro atoms. The molecule has 0 bridgehead atoms. The van der Waals surface area contributed by atoms with Gasteiger partial charge in [0, 0.05) is 8.95 Å². The molecule has 0 saturated carbocycles. The monoisotopic (exact) mass is 414 g/mol. The van der Waals surface area contributed by atoms with Crippen LogP contribution in [0.5, 0.6) is 0 Å². The summed E-state index contributed by atoms with van der Waals surface area (Å²) in [6, 6.07) is 21.6. The molecule has 0 amide bonds. The van der Waals surface area contributed by atoms with Crippen LogP contribution in [0.15, 0.2) is 69.6 Å². The molecule has 22 heavy (non-hydrogen) atoms. The van der Waals surface area contributed by atoms with Crippen LogP contribution in [-0.4, -0.2) is 0 Å². The zero-order valence-electron chi connectivity index (χ0n) is 12.5. The maximum atomic E-state index is 3.50. The summed E-state index contributed by atoms with van der Waals surface area (Å²) in [7, 11) is 0. The number of hydrogen-bond acceptors (Lipinski definition) is 0. The third-order valence-corrected chi connectivity index (χ3v) is 4.94. The third kappa shape index (κ3) is 3.18. The smallest absolute Gasteiger partial charge is 0.0175 e. The number of halogens is 2. The van der Waals surface area contributed by atoms with E-state index in [1.165, 1.54) is 33.4 Å². The van der Waals surface area contributed by atoms with Crippen LogP contribution >= 0.6 is 31.9 Å². The Balaban J connectivity index is 2.14. The summed E-state index contributed by atoms with van der Waals surface area (Å²) < 4.78 is 2.21. The molecule has 0 atom stereocenters. The summed E-state index contributed by atoms with van der Waals surface area (Å²) in [4.78, 5) is 0. The minimum absolute atomic E-state index is 1.11. The Morgan fingerprint density at radius 3 is 1.27 bits per heavy atom. The van der Waals surface area contributed by atoms with E-state index in [-0.39, 0.29) is 0 Å². The minimum atomic E-state index is 1.11. The zero-order chi connectivity index (χ0) is 15.7. The predicted octanol–water partition coefficient (Wildman–Crippen LogP) is 7.16. The van der Waals surface area contributed by atoms with Gasteiger partial charge in [-0.05, 0) is 77.6 Å². The molecule has 0 heterocycles. The number of benzene rings is 3. The van der Waals surface area contributed by atoms with Crippen molar-refractivity contribution in [1.29, 1.82) is 0 Å². The van der Waals surface area contributed by atoms with Gasteiger partial charge in [-0.25, -0.2) is 0 Å². The fraction of sp³-hybridized carbons (Fsp3) is 0.100. The van der Waals surface area contributed by atoms with Gasteiger partial charge in [-0.2, -0.15) is 0 Å². The number of hydrogen-bond donors (Lipinski definition) is 0. The second-order valence-electron chi connectivity index (χ2n) is 5.50. The van der Waals surface area contributed by atoms with Crippen molar-refractivity contribution < 1.29 is 0 Å². The van der Waals surface area contributed by atoms with E-state index in [2.05, 4.69) is 106 Å². The molecule has 0 unspecified atom stereocenters. The van der Waals surface area contributed by atoms with Crippen molar-refractivity contribution in [3.05, 3.63) is 80.7 Å². The van der Waals surface area contributed by atoms with E-state index in [0.29, 0.717) is 0 Å². The van der Waals surface area contributed by atoms with E-state index >= 15 is 0 Å². The van der Waals surface area contributed by atoms with Crippen LogP contribution < -0.4 is 0 Å². The van der Waals surface area contributed by atoms with E-state index in [4.69, 9.17) is 0 Å². The van der Waals surface area contributed by atoms with Gasteiger partial charge in [0.05, 0.1) is 0 Å². The first kappa shape index (κ1) is 15.5. The van der Waals surface area contributed by atoms with E-state index in [9.17, 15) is 0 Å². The van der Waals surface area contributed by atoms with Gasteiger partial charge in [0.15, 0.2) is 0 Å². The van der Waals surface area contributed by atoms with Gasteiger partial charge >= 0.3 is 0 Å². The molecular formula is C20H16Br2. The van der Waals surface area contributed by atoms with Crippen molar-refractivity contribution in [2.24, 2.45) is 0 Å². The van der Waals surface area contributed by atoms with E-state index < -0.39 is 0 Å². The van der Waals surface area contributed by atoms with Gasteiger partial charge in [0.2, 0.25) is 0 Å². The van der Waals surface area contributed by atoms with Gasteiger partial charge in [-0.15, -0.1) is 0 Å². The summed E-state index contributed by atoms with van der Waals surface area (Å²) in [6.45, 7) is 4.35. The van der Waals surface area contributed by atoms with Crippen molar-refractivity contribution in [1.82, 2.24) is 0 Å². The van der Waals surface area contributed by atoms with Gasteiger partial charge in [0.25, 0.3) is 0 Å². The first-order valence-electron chi connectivity index (χ1n) is 7.18. The summed E-state index contributed by atoms with van der Waals surface area (Å²) in [6.07, 6.45) is 0. The molecule has 0 nitrogen and oxygen atoms in total. The van der Waals surface area contributed by atoms with Crippen molar-refractivity contribution in [3.8, 4) is 22.3 Å². The Morgan fingerprint density at radius 2 is 0.909 bits per heavy atom. The highest BCUT2D eigenvalue weighted by Crippen LogP contribution is 2.33. The van der Waals surface area contributed by atoms with E-state index in [1.807, 2.05) is 0 Å². The summed E-state index contributed by atoms with van der Waals surface area (Å²) >= 11 is 7.00. The van der Waals surface area contributed by atoms with Crippen LogP contribution in [0.2, 0.25) is 0 Å². The van der Waals surface area contributed by atoms with Crippen molar-refractivity contribution >= 4 is 31.9 Å². The molecule has 3 aromatic rings. The van der Waals surface area contributed by atoms with Gasteiger partial charge in [0.1, 0.15) is 0 Å².